The van der Waals surface area contributed by atoms with Crippen molar-refractivity contribution in [1.82, 2.24) is 0 Å². The van der Waals surface area contributed by atoms with Crippen LogP contribution in [0, 0.1) is 16.7 Å². The highest BCUT2D eigenvalue weighted by Gasteiger charge is 2.81. The van der Waals surface area contributed by atoms with Crippen LogP contribution in [0.25, 0.3) is 0 Å². The predicted octanol–water partition coefficient (Wildman–Crippen LogP) is -0.927. The summed E-state index contributed by atoms with van der Waals surface area (Å²) in [5.74, 6) is -1.87. The molecule has 3 aliphatic rings. The molecule has 2 saturated carbocycles. The molecule has 0 bridgehead atoms. The second-order valence-corrected chi connectivity index (χ2v) is 10.6. The quantitative estimate of drug-likeness (QED) is 0.337. The minimum Gasteiger partial charge on any atom is -0.652 e. The van der Waals surface area contributed by atoms with Gasteiger partial charge in [-0.15, -0.1) is 6.58 Å². The number of fused-ring (bicyclic) bond motifs is 3. The lowest BCUT2D eigenvalue weighted by Crippen LogP contribution is -2.86. The highest BCUT2D eigenvalue weighted by molar-refractivity contribution is 5.92. The van der Waals surface area contributed by atoms with Gasteiger partial charge in [0.1, 0.15) is 5.60 Å². The van der Waals surface area contributed by atoms with Crippen molar-refractivity contribution in [2.24, 2.45) is 16.7 Å². The molecular formula is C23H34O10-2. The van der Waals surface area contributed by atoms with Gasteiger partial charge in [0.25, 0.3) is 0 Å². The molecule has 33 heavy (non-hydrogen) atoms. The molecule has 0 aromatic rings. The molecule has 3 fully saturated rings. The second-order valence-electron chi connectivity index (χ2n) is 10.6. The topological polar surface area (TPSA) is 176 Å². The Kier molecular flexibility index (Phi) is 6.88. The van der Waals surface area contributed by atoms with E-state index in [1.165, 1.54) is 19.9 Å². The second kappa shape index (κ2) is 8.33. The normalized spacial score (nSPS) is 46.0. The molecule has 0 amide bonds. The summed E-state index contributed by atoms with van der Waals surface area (Å²) in [6.07, 6.45) is -3.63. The first-order chi connectivity index (χ1) is 14.8. The number of rotatable bonds is 2. The third-order valence-electron chi connectivity index (χ3n) is 8.02. The highest BCUT2D eigenvalue weighted by Crippen LogP contribution is 2.66. The van der Waals surface area contributed by atoms with Crippen LogP contribution < -0.4 is 10.2 Å². The average molecular weight is 471 g/mol. The van der Waals surface area contributed by atoms with E-state index in [4.69, 9.17) is 24.5 Å². The summed E-state index contributed by atoms with van der Waals surface area (Å²) in [6.45, 7) is 13.6. The maximum Gasteiger partial charge on any atom is 0.303 e. The van der Waals surface area contributed by atoms with Crippen molar-refractivity contribution in [3.05, 3.63) is 12.7 Å². The fraction of sp³-hybridized carbons (Fsp3) is 0.783. The Morgan fingerprint density at radius 3 is 2.15 bits per heavy atom. The summed E-state index contributed by atoms with van der Waals surface area (Å²) >= 11 is 0. The van der Waals surface area contributed by atoms with Gasteiger partial charge in [0.2, 0.25) is 0 Å². The Morgan fingerprint density at radius 2 is 1.70 bits per heavy atom. The van der Waals surface area contributed by atoms with Crippen molar-refractivity contribution in [3.8, 4) is 0 Å². The molecule has 3 N–H and O–H groups in total. The lowest BCUT2D eigenvalue weighted by Gasteiger charge is -2.71. The Balaban J connectivity index is 0.000000890. The van der Waals surface area contributed by atoms with Crippen LogP contribution in [0.4, 0.5) is 4.79 Å². The van der Waals surface area contributed by atoms with Crippen LogP contribution in [-0.2, 0) is 19.1 Å². The van der Waals surface area contributed by atoms with Gasteiger partial charge in [-0.05, 0) is 38.3 Å². The zero-order valence-corrected chi connectivity index (χ0v) is 19.9. The third kappa shape index (κ3) is 3.86. The van der Waals surface area contributed by atoms with Crippen LogP contribution in [0.2, 0.25) is 0 Å². The maximum atomic E-state index is 13.6. The number of aliphatic hydroxyl groups is 3. The first-order valence-electron chi connectivity index (χ1n) is 10.8. The lowest BCUT2D eigenvalue weighted by atomic mass is 9.40. The van der Waals surface area contributed by atoms with Crippen LogP contribution in [-0.4, -0.2) is 68.3 Å². The summed E-state index contributed by atoms with van der Waals surface area (Å²) in [5.41, 5.74) is -7.00. The molecular weight excluding hydrogens is 436 g/mol. The zero-order chi connectivity index (χ0) is 25.8. The summed E-state index contributed by atoms with van der Waals surface area (Å²) < 4.78 is 11.8. The van der Waals surface area contributed by atoms with E-state index in [1.807, 2.05) is 13.8 Å². The minimum atomic E-state index is -2.33. The number of carbonyl (C=O) groups is 3. The smallest absolute Gasteiger partial charge is 0.303 e. The van der Waals surface area contributed by atoms with Gasteiger partial charge in [-0.2, -0.15) is 0 Å². The first kappa shape index (κ1) is 27.2. The van der Waals surface area contributed by atoms with Crippen molar-refractivity contribution < 1.29 is 49.4 Å². The van der Waals surface area contributed by atoms with E-state index in [0.717, 1.165) is 0 Å². The van der Waals surface area contributed by atoms with Crippen LogP contribution in [0.3, 0.4) is 0 Å². The van der Waals surface area contributed by atoms with Crippen molar-refractivity contribution in [3.63, 3.8) is 0 Å². The average Bonchev–Trinajstić information content (AvgIpc) is 2.65. The summed E-state index contributed by atoms with van der Waals surface area (Å²) in [6, 6.07) is 0. The van der Waals surface area contributed by atoms with Crippen LogP contribution in [0.1, 0.15) is 60.8 Å². The molecule has 0 radical (unpaired) electrons. The van der Waals surface area contributed by atoms with Gasteiger partial charge in [0, 0.05) is 24.7 Å². The van der Waals surface area contributed by atoms with E-state index in [1.54, 1.807) is 13.8 Å². The molecule has 10 nitrogen and oxygen atoms in total. The standard InChI is InChI=1S/C22H34O7.CH2O3/c1-8-19(5)11-14(25)22(27)20(6)13(24)9-10-18(3,4)16(20)15(26)17(28-12(2)23)21(22,7)29-19;2-1(3)4/h8,13,15-17,24,26-27H,1,9-11H2,2-7H3;(H2,2,3,4)/p-2/t13-,15-,16-,17-,19-,20-,21+,22-;/m0./s1. The molecule has 8 atom stereocenters. The molecule has 2 aliphatic carbocycles. The number of aliphatic hydroxyl groups excluding tert-OH is 2. The van der Waals surface area contributed by atoms with Crippen molar-refractivity contribution in [2.75, 3.05) is 0 Å². The monoisotopic (exact) mass is 470 g/mol. The molecule has 1 aliphatic heterocycles. The Labute approximate surface area is 193 Å². The number of Topliss-reactive ketones (excluding diaryl/α,β-unsaturated/α-hetero) is 1. The largest absolute Gasteiger partial charge is 0.652 e. The van der Waals surface area contributed by atoms with Crippen LogP contribution in [0.5, 0.6) is 0 Å². The number of carboxylic acid groups (broad SMARTS) is 2. The summed E-state index contributed by atoms with van der Waals surface area (Å²) in [7, 11) is 0. The fourth-order valence-corrected chi connectivity index (χ4v) is 6.66. The SMILES string of the molecule is C=C[C@@]1(C)CC(=O)[C@]2(O)[C@@]3(C)[C@@H](O)CCC(C)(C)[C@@H]3[C@H](O)[C@H](OC(C)=O)[C@@]2(C)O1.O=C([O-])[O-]. The maximum absolute atomic E-state index is 13.6. The fourth-order valence-electron chi connectivity index (χ4n) is 6.66. The van der Waals surface area contributed by atoms with E-state index in [9.17, 15) is 24.9 Å². The highest BCUT2D eigenvalue weighted by atomic mass is 16.6. The van der Waals surface area contributed by atoms with Crippen molar-refractivity contribution in [2.45, 2.75) is 95.9 Å². The molecule has 0 aromatic heterocycles. The number of esters is 1. The summed E-state index contributed by atoms with van der Waals surface area (Å²) in [4.78, 5) is 33.8. The molecule has 0 spiro atoms. The summed E-state index contributed by atoms with van der Waals surface area (Å²) in [5, 5.41) is 51.4. The minimum absolute atomic E-state index is 0.138. The number of ketones is 1. The third-order valence-corrected chi connectivity index (χ3v) is 8.02. The Bertz CT molecular complexity index is 835. The van der Waals surface area contributed by atoms with Gasteiger partial charge in [0.05, 0.1) is 17.8 Å². The molecule has 1 heterocycles. The number of hydrogen-bond acceptors (Lipinski definition) is 10. The molecule has 0 unspecified atom stereocenters. The van der Waals surface area contributed by atoms with Gasteiger partial charge >= 0.3 is 5.97 Å². The zero-order valence-electron chi connectivity index (χ0n) is 19.9. The number of ether oxygens (including phenoxy) is 2. The van der Waals surface area contributed by atoms with Crippen LogP contribution in [0.15, 0.2) is 12.7 Å². The van der Waals surface area contributed by atoms with E-state index in [-0.39, 0.29) is 6.42 Å². The molecule has 3 rings (SSSR count). The molecule has 0 aromatic carbocycles. The van der Waals surface area contributed by atoms with Gasteiger partial charge in [-0.1, -0.05) is 26.8 Å². The van der Waals surface area contributed by atoms with E-state index >= 15 is 0 Å². The van der Waals surface area contributed by atoms with Crippen molar-refractivity contribution >= 4 is 17.9 Å². The van der Waals surface area contributed by atoms with Gasteiger partial charge in [0.15, 0.2) is 17.5 Å². The molecule has 1 saturated heterocycles. The molecule has 188 valence electrons. The van der Waals surface area contributed by atoms with Gasteiger partial charge in [-0.3, -0.25) is 9.59 Å². The Morgan fingerprint density at radius 1 is 1.18 bits per heavy atom. The van der Waals surface area contributed by atoms with E-state index < -0.39 is 69.8 Å². The van der Waals surface area contributed by atoms with Gasteiger partial charge < -0.3 is 39.8 Å². The van der Waals surface area contributed by atoms with E-state index in [2.05, 4.69) is 6.58 Å². The predicted molar refractivity (Wildman–Crippen MR) is 110 cm³/mol. The van der Waals surface area contributed by atoms with Crippen molar-refractivity contribution in [1.29, 1.82) is 0 Å². The number of carbonyl (C=O) groups excluding carboxylic acids is 3. The van der Waals surface area contributed by atoms with E-state index in [0.29, 0.717) is 12.8 Å². The lowest BCUT2D eigenvalue weighted by molar-refractivity contribution is -0.415. The number of hydrogen-bond donors (Lipinski definition) is 3. The van der Waals surface area contributed by atoms with Crippen LogP contribution >= 0.6 is 0 Å². The Hall–Kier alpha value is -2.01. The molecule has 10 heteroatoms. The first-order valence-corrected chi connectivity index (χ1v) is 10.8. The van der Waals surface area contributed by atoms with Gasteiger partial charge in [-0.25, -0.2) is 0 Å².